The summed E-state index contributed by atoms with van der Waals surface area (Å²) in [5.41, 5.74) is 0.793. The van der Waals surface area contributed by atoms with Gasteiger partial charge < -0.3 is 10.4 Å². The molecule has 0 radical (unpaired) electrons. The molecule has 2 nitrogen and oxygen atoms in total. The monoisotopic (exact) mass is 269 g/mol. The minimum Gasteiger partial charge on any atom is -0.508 e. The number of benzene rings is 1. The van der Waals surface area contributed by atoms with Crippen LogP contribution in [0, 0.1) is 5.82 Å². The molecule has 0 saturated heterocycles. The van der Waals surface area contributed by atoms with Crippen LogP contribution in [0.3, 0.4) is 0 Å². The lowest BCUT2D eigenvalue weighted by atomic mass is 10.1. The Morgan fingerprint density at radius 2 is 2.06 bits per heavy atom. The van der Waals surface area contributed by atoms with Gasteiger partial charge in [-0.3, -0.25) is 0 Å². The predicted octanol–water partition coefficient (Wildman–Crippen LogP) is 3.30. The first kappa shape index (κ1) is 13.7. The Balaban J connectivity index is 1.87. The van der Waals surface area contributed by atoms with Gasteiger partial charge in [0.25, 0.3) is 0 Å². The SMILES string of the molecule is CSC1(CNCc2cc(O)cc(F)c2)CCCC1. The molecule has 1 aliphatic rings. The third-order valence-corrected chi connectivity index (χ3v) is 5.09. The molecule has 0 spiro atoms. The van der Waals surface area contributed by atoms with Crippen molar-refractivity contribution in [3.8, 4) is 5.75 Å². The summed E-state index contributed by atoms with van der Waals surface area (Å²) in [5, 5.41) is 12.7. The van der Waals surface area contributed by atoms with Gasteiger partial charge >= 0.3 is 0 Å². The molecule has 4 heteroatoms. The van der Waals surface area contributed by atoms with Crippen molar-refractivity contribution < 1.29 is 9.50 Å². The molecule has 0 unspecified atom stereocenters. The molecule has 100 valence electrons. The fourth-order valence-electron chi connectivity index (χ4n) is 2.64. The van der Waals surface area contributed by atoms with Gasteiger partial charge in [0, 0.05) is 23.9 Å². The molecule has 2 rings (SSSR count). The Kier molecular flexibility index (Phi) is 4.51. The number of thioether (sulfide) groups is 1. The molecule has 18 heavy (non-hydrogen) atoms. The summed E-state index contributed by atoms with van der Waals surface area (Å²) in [6, 6.07) is 4.20. The molecular formula is C14H20FNOS. The molecule has 0 heterocycles. The van der Waals surface area contributed by atoms with E-state index in [9.17, 15) is 9.50 Å². The van der Waals surface area contributed by atoms with Crippen molar-refractivity contribution in [1.82, 2.24) is 5.32 Å². The second-order valence-electron chi connectivity index (χ2n) is 5.02. The molecule has 1 aromatic rings. The van der Waals surface area contributed by atoms with E-state index < -0.39 is 0 Å². The van der Waals surface area contributed by atoms with Crippen LogP contribution in [0.4, 0.5) is 4.39 Å². The molecule has 1 aromatic carbocycles. The van der Waals surface area contributed by atoms with Crippen molar-refractivity contribution in [3.05, 3.63) is 29.6 Å². The fourth-order valence-corrected chi connectivity index (χ4v) is 3.59. The molecular weight excluding hydrogens is 249 g/mol. The van der Waals surface area contributed by atoms with Crippen LogP contribution in [0.1, 0.15) is 31.2 Å². The first-order chi connectivity index (χ1) is 8.63. The van der Waals surface area contributed by atoms with Gasteiger partial charge in [-0.15, -0.1) is 0 Å². The average molecular weight is 269 g/mol. The molecule has 1 fully saturated rings. The van der Waals surface area contributed by atoms with E-state index in [2.05, 4.69) is 11.6 Å². The maximum atomic E-state index is 13.1. The zero-order valence-corrected chi connectivity index (χ0v) is 11.5. The van der Waals surface area contributed by atoms with Gasteiger partial charge in [0.1, 0.15) is 11.6 Å². The van der Waals surface area contributed by atoms with Gasteiger partial charge in [-0.05, 0) is 36.8 Å². The summed E-state index contributed by atoms with van der Waals surface area (Å²) in [7, 11) is 0. The highest BCUT2D eigenvalue weighted by Crippen LogP contribution is 2.39. The third-order valence-electron chi connectivity index (χ3n) is 3.67. The molecule has 1 saturated carbocycles. The van der Waals surface area contributed by atoms with E-state index in [1.165, 1.54) is 31.7 Å². The number of phenols is 1. The van der Waals surface area contributed by atoms with Gasteiger partial charge in [0.15, 0.2) is 0 Å². The Bertz CT molecular complexity index is 385. The smallest absolute Gasteiger partial charge is 0.127 e. The third kappa shape index (κ3) is 3.39. The van der Waals surface area contributed by atoms with E-state index in [1.54, 1.807) is 6.07 Å². The largest absolute Gasteiger partial charge is 0.508 e. The molecule has 0 aromatic heterocycles. The van der Waals surface area contributed by atoms with Crippen molar-refractivity contribution >= 4 is 11.8 Å². The summed E-state index contributed by atoms with van der Waals surface area (Å²) in [6.07, 6.45) is 7.30. The highest BCUT2D eigenvalue weighted by Gasteiger charge is 2.32. The number of rotatable bonds is 5. The minimum absolute atomic E-state index is 0.00718. The summed E-state index contributed by atoms with van der Waals surface area (Å²) in [4.78, 5) is 0. The van der Waals surface area contributed by atoms with Crippen LogP contribution in [0.25, 0.3) is 0 Å². The lowest BCUT2D eigenvalue weighted by molar-refractivity contribution is 0.466. The Morgan fingerprint density at radius 3 is 2.67 bits per heavy atom. The predicted molar refractivity (Wildman–Crippen MR) is 74.5 cm³/mol. The van der Waals surface area contributed by atoms with E-state index in [0.717, 1.165) is 18.2 Å². The van der Waals surface area contributed by atoms with Crippen LogP contribution >= 0.6 is 11.8 Å². The number of halogens is 1. The molecule has 0 aliphatic heterocycles. The van der Waals surface area contributed by atoms with E-state index in [1.807, 2.05) is 11.8 Å². The second kappa shape index (κ2) is 5.93. The average Bonchev–Trinajstić information content (AvgIpc) is 2.77. The van der Waals surface area contributed by atoms with E-state index >= 15 is 0 Å². The minimum atomic E-state index is -0.382. The van der Waals surface area contributed by atoms with Crippen LogP contribution in [0.5, 0.6) is 5.75 Å². The number of hydrogen-bond donors (Lipinski definition) is 2. The maximum absolute atomic E-state index is 13.1. The fraction of sp³-hybridized carbons (Fsp3) is 0.571. The van der Waals surface area contributed by atoms with Crippen molar-refractivity contribution in [1.29, 1.82) is 0 Å². The highest BCUT2D eigenvalue weighted by molar-refractivity contribution is 8.00. The van der Waals surface area contributed by atoms with E-state index in [0.29, 0.717) is 11.3 Å². The zero-order chi connectivity index (χ0) is 13.0. The van der Waals surface area contributed by atoms with E-state index in [-0.39, 0.29) is 11.6 Å². The van der Waals surface area contributed by atoms with Crippen molar-refractivity contribution in [2.75, 3.05) is 12.8 Å². The van der Waals surface area contributed by atoms with Crippen molar-refractivity contribution in [2.45, 2.75) is 37.0 Å². The molecule has 0 bridgehead atoms. The van der Waals surface area contributed by atoms with Crippen LogP contribution in [0.2, 0.25) is 0 Å². The number of aromatic hydroxyl groups is 1. The highest BCUT2D eigenvalue weighted by atomic mass is 32.2. The van der Waals surface area contributed by atoms with Crippen molar-refractivity contribution in [2.24, 2.45) is 0 Å². The van der Waals surface area contributed by atoms with Crippen LogP contribution in [-0.2, 0) is 6.54 Å². The number of phenolic OH excluding ortho intramolecular Hbond substituents is 1. The molecule has 0 atom stereocenters. The van der Waals surface area contributed by atoms with Crippen LogP contribution in [0.15, 0.2) is 18.2 Å². The normalized spacial score (nSPS) is 18.1. The Labute approximate surface area is 112 Å². The number of nitrogens with one attached hydrogen (secondary N) is 1. The summed E-state index contributed by atoms with van der Waals surface area (Å²) in [6.45, 7) is 1.55. The summed E-state index contributed by atoms with van der Waals surface area (Å²) < 4.78 is 13.5. The molecule has 1 aliphatic carbocycles. The second-order valence-corrected chi connectivity index (χ2v) is 6.29. The van der Waals surface area contributed by atoms with Crippen LogP contribution in [-0.4, -0.2) is 22.7 Å². The quantitative estimate of drug-likeness (QED) is 0.860. The summed E-state index contributed by atoms with van der Waals surface area (Å²) in [5.74, 6) is -0.389. The lowest BCUT2D eigenvalue weighted by Crippen LogP contribution is -2.34. The Hall–Kier alpha value is -0.740. The van der Waals surface area contributed by atoms with Gasteiger partial charge in [-0.2, -0.15) is 11.8 Å². The van der Waals surface area contributed by atoms with Gasteiger partial charge in [-0.25, -0.2) is 4.39 Å². The Morgan fingerprint density at radius 1 is 1.33 bits per heavy atom. The van der Waals surface area contributed by atoms with Gasteiger partial charge in [0.2, 0.25) is 0 Å². The van der Waals surface area contributed by atoms with Gasteiger partial charge in [0.05, 0.1) is 0 Å². The topological polar surface area (TPSA) is 32.3 Å². The standard InChI is InChI=1S/C14H20FNOS/c1-18-14(4-2-3-5-14)10-16-9-11-6-12(15)8-13(17)7-11/h6-8,16-17H,2-5,9-10H2,1H3. The summed E-state index contributed by atoms with van der Waals surface area (Å²) >= 11 is 1.94. The van der Waals surface area contributed by atoms with Gasteiger partial charge in [-0.1, -0.05) is 12.8 Å². The number of hydrogen-bond acceptors (Lipinski definition) is 3. The molecule has 2 N–H and O–H groups in total. The maximum Gasteiger partial charge on any atom is 0.127 e. The van der Waals surface area contributed by atoms with Crippen LogP contribution < -0.4 is 5.32 Å². The first-order valence-corrected chi connectivity index (χ1v) is 7.60. The van der Waals surface area contributed by atoms with E-state index in [4.69, 9.17) is 0 Å². The molecule has 0 amide bonds. The first-order valence-electron chi connectivity index (χ1n) is 6.38. The lowest BCUT2D eigenvalue weighted by Gasteiger charge is -2.27. The van der Waals surface area contributed by atoms with Crippen molar-refractivity contribution in [3.63, 3.8) is 0 Å². The zero-order valence-electron chi connectivity index (χ0n) is 10.7.